The molecule has 19 heavy (non-hydrogen) atoms. The van der Waals surface area contributed by atoms with Gasteiger partial charge in [-0.25, -0.2) is 4.79 Å². The van der Waals surface area contributed by atoms with Crippen LogP contribution in [0, 0.1) is 0 Å². The summed E-state index contributed by atoms with van der Waals surface area (Å²) in [5.41, 5.74) is -1.27. The maximum atomic E-state index is 12.2. The molecule has 0 amide bonds. The van der Waals surface area contributed by atoms with Crippen molar-refractivity contribution in [3.8, 4) is 0 Å². The number of methoxy groups -OCH3 is 1. The van der Waals surface area contributed by atoms with Gasteiger partial charge in [0.15, 0.2) is 5.60 Å². The average Bonchev–Trinajstić information content (AvgIpc) is 2.55. The highest BCUT2D eigenvalue weighted by Gasteiger charge is 2.45. The van der Waals surface area contributed by atoms with Crippen molar-refractivity contribution in [2.24, 2.45) is 0 Å². The molecule has 1 unspecified atom stereocenters. The Labute approximate surface area is 112 Å². The van der Waals surface area contributed by atoms with Crippen LogP contribution in [0.5, 0.6) is 0 Å². The van der Waals surface area contributed by atoms with Crippen molar-refractivity contribution in [1.29, 1.82) is 0 Å². The van der Waals surface area contributed by atoms with E-state index in [2.05, 4.69) is 4.74 Å². The van der Waals surface area contributed by atoms with E-state index in [1.165, 1.54) is 13.2 Å². The number of aliphatic hydroxyl groups excluding tert-OH is 1. The van der Waals surface area contributed by atoms with Crippen molar-refractivity contribution in [1.82, 2.24) is 0 Å². The lowest BCUT2D eigenvalue weighted by atomic mass is 9.96. The van der Waals surface area contributed by atoms with E-state index in [4.69, 9.17) is 9.84 Å². The number of ketones is 1. The first-order chi connectivity index (χ1) is 8.81. The Bertz CT molecular complexity index is 470. The number of Topliss-reactive ketones (excluding diaryl/α,β-unsaturated/α-hetero) is 1. The van der Waals surface area contributed by atoms with Crippen LogP contribution in [0.25, 0.3) is 0 Å². The van der Waals surface area contributed by atoms with Crippen LogP contribution in [0.15, 0.2) is 35.6 Å². The van der Waals surface area contributed by atoms with Crippen LogP contribution < -0.4 is 0 Å². The molecule has 0 spiro atoms. The molecule has 1 heterocycles. The van der Waals surface area contributed by atoms with Crippen LogP contribution in [0.4, 0.5) is 0 Å². The van der Waals surface area contributed by atoms with Crippen LogP contribution in [0.2, 0.25) is 0 Å². The Morgan fingerprint density at radius 1 is 1.47 bits per heavy atom. The van der Waals surface area contributed by atoms with Crippen molar-refractivity contribution in [3.63, 3.8) is 0 Å². The highest BCUT2D eigenvalue weighted by Crippen LogP contribution is 2.32. The van der Waals surface area contributed by atoms with E-state index < -0.39 is 23.5 Å². The molecule has 104 valence electrons. The molecule has 1 N–H and O–H groups in total. The zero-order valence-electron chi connectivity index (χ0n) is 11.5. The third-order valence-electron chi connectivity index (χ3n) is 2.70. The van der Waals surface area contributed by atoms with Gasteiger partial charge in [-0.1, -0.05) is 18.2 Å². The zero-order chi connectivity index (χ0) is 14.6. The number of carbonyl (C=O) groups is 2. The normalized spacial score (nSPS) is 25.2. The van der Waals surface area contributed by atoms with Crippen LogP contribution >= 0.6 is 0 Å². The molecule has 0 saturated carbocycles. The van der Waals surface area contributed by atoms with E-state index in [1.54, 1.807) is 39.0 Å². The summed E-state index contributed by atoms with van der Waals surface area (Å²) in [6, 6.07) is 0. The fraction of sp³-hybridized carbons (Fsp3) is 0.429. The Morgan fingerprint density at radius 2 is 2.11 bits per heavy atom. The van der Waals surface area contributed by atoms with E-state index >= 15 is 0 Å². The van der Waals surface area contributed by atoms with Gasteiger partial charge in [-0.2, -0.15) is 0 Å². The molecule has 0 radical (unpaired) electrons. The molecule has 0 aliphatic carbocycles. The summed E-state index contributed by atoms with van der Waals surface area (Å²) < 4.78 is 10.0. The third kappa shape index (κ3) is 3.32. The molecular weight excluding hydrogens is 248 g/mol. The average molecular weight is 266 g/mol. The van der Waals surface area contributed by atoms with Gasteiger partial charge >= 0.3 is 5.97 Å². The number of hydrogen-bond acceptors (Lipinski definition) is 5. The first-order valence-electron chi connectivity index (χ1n) is 5.89. The van der Waals surface area contributed by atoms with Gasteiger partial charge in [0.05, 0.1) is 13.2 Å². The van der Waals surface area contributed by atoms with Crippen LogP contribution in [-0.2, 0) is 19.1 Å². The molecule has 0 aromatic rings. The maximum Gasteiger partial charge on any atom is 0.345 e. The minimum absolute atomic E-state index is 0.0610. The lowest BCUT2D eigenvalue weighted by molar-refractivity contribution is -0.138. The van der Waals surface area contributed by atoms with Gasteiger partial charge in [-0.15, -0.1) is 0 Å². The predicted molar refractivity (Wildman–Crippen MR) is 69.2 cm³/mol. The number of ether oxygens (including phenoxy) is 2. The molecule has 0 fully saturated rings. The summed E-state index contributed by atoms with van der Waals surface area (Å²) in [5.74, 6) is -0.874. The summed E-state index contributed by atoms with van der Waals surface area (Å²) in [4.78, 5) is 23.6. The monoisotopic (exact) mass is 266 g/mol. The number of aliphatic hydroxyl groups is 1. The fourth-order valence-corrected chi connectivity index (χ4v) is 1.74. The summed E-state index contributed by atoms with van der Waals surface area (Å²) in [6.07, 6.45) is 5.73. The first kappa shape index (κ1) is 15.2. The quantitative estimate of drug-likeness (QED) is 0.471. The van der Waals surface area contributed by atoms with Crippen LogP contribution in [0.1, 0.15) is 20.8 Å². The van der Waals surface area contributed by atoms with E-state index in [9.17, 15) is 9.59 Å². The highest BCUT2D eigenvalue weighted by atomic mass is 16.5. The Hall–Kier alpha value is -1.88. The highest BCUT2D eigenvalue weighted by molar-refractivity contribution is 6.22. The number of allylic oxidation sites excluding steroid dienone is 3. The molecule has 5 heteroatoms. The molecule has 2 atom stereocenters. The largest absolute Gasteiger partial charge is 0.479 e. The molecule has 0 aromatic carbocycles. The van der Waals surface area contributed by atoms with Crippen molar-refractivity contribution in [2.45, 2.75) is 32.5 Å². The van der Waals surface area contributed by atoms with Crippen molar-refractivity contribution < 1.29 is 24.2 Å². The molecular formula is C14H18O5. The second-order valence-corrected chi connectivity index (χ2v) is 4.45. The van der Waals surface area contributed by atoms with Gasteiger partial charge in [0.1, 0.15) is 11.3 Å². The molecule has 0 aromatic heterocycles. The van der Waals surface area contributed by atoms with Gasteiger partial charge in [0.2, 0.25) is 5.78 Å². The van der Waals surface area contributed by atoms with E-state index in [0.29, 0.717) is 0 Å². The predicted octanol–water partition coefficient (Wildman–Crippen LogP) is 1.28. The topological polar surface area (TPSA) is 72.8 Å². The molecule has 0 saturated heterocycles. The standard InChI is InChI=1S/C14H18O5/c1-9(15)7-5-6-8-14(3)12(16)11(10(2)19-14)13(17)18-4/h5-9,15H,1-4H3/b7-5+,8-6+/t9?,14-/m1/s1. The SMILES string of the molecule is COC(=O)C1=C(C)O[C@](C)(/C=C/C=C/C(C)O)C1=O. The maximum absolute atomic E-state index is 12.2. The van der Waals surface area contributed by atoms with Crippen molar-refractivity contribution >= 4 is 11.8 Å². The Morgan fingerprint density at radius 3 is 2.63 bits per heavy atom. The minimum Gasteiger partial charge on any atom is -0.479 e. The summed E-state index contributed by atoms with van der Waals surface area (Å²) in [6.45, 7) is 4.74. The second kappa shape index (κ2) is 5.84. The zero-order valence-corrected chi connectivity index (χ0v) is 11.5. The lowest BCUT2D eigenvalue weighted by Gasteiger charge is -2.18. The number of carbonyl (C=O) groups excluding carboxylic acids is 2. The summed E-state index contributed by atoms with van der Waals surface area (Å²) in [5, 5.41) is 9.06. The van der Waals surface area contributed by atoms with Gasteiger partial charge in [-0.3, -0.25) is 4.79 Å². The van der Waals surface area contributed by atoms with E-state index in [-0.39, 0.29) is 11.3 Å². The number of rotatable bonds is 4. The smallest absolute Gasteiger partial charge is 0.345 e. The Balaban J connectivity index is 2.89. The first-order valence-corrected chi connectivity index (χ1v) is 5.89. The van der Waals surface area contributed by atoms with Crippen LogP contribution in [0.3, 0.4) is 0 Å². The lowest BCUT2D eigenvalue weighted by Crippen LogP contribution is -2.32. The second-order valence-electron chi connectivity index (χ2n) is 4.45. The number of esters is 1. The fourth-order valence-electron chi connectivity index (χ4n) is 1.74. The van der Waals surface area contributed by atoms with Gasteiger partial charge < -0.3 is 14.6 Å². The van der Waals surface area contributed by atoms with E-state index in [0.717, 1.165) is 0 Å². The van der Waals surface area contributed by atoms with Crippen molar-refractivity contribution in [2.75, 3.05) is 7.11 Å². The molecule has 1 aliphatic heterocycles. The van der Waals surface area contributed by atoms with E-state index in [1.807, 2.05) is 0 Å². The molecule has 1 aliphatic rings. The van der Waals surface area contributed by atoms with Gasteiger partial charge in [0, 0.05) is 0 Å². The molecule has 0 bridgehead atoms. The summed E-state index contributed by atoms with van der Waals surface area (Å²) in [7, 11) is 1.22. The molecule has 1 rings (SSSR count). The molecule has 5 nitrogen and oxygen atoms in total. The van der Waals surface area contributed by atoms with Crippen LogP contribution in [-0.4, -0.2) is 35.7 Å². The van der Waals surface area contributed by atoms with Gasteiger partial charge in [0.25, 0.3) is 0 Å². The third-order valence-corrected chi connectivity index (χ3v) is 2.70. The van der Waals surface area contributed by atoms with Gasteiger partial charge in [-0.05, 0) is 26.8 Å². The Kier molecular flexibility index (Phi) is 4.67. The van der Waals surface area contributed by atoms with Crippen molar-refractivity contribution in [3.05, 3.63) is 35.6 Å². The summed E-state index contributed by atoms with van der Waals surface area (Å²) >= 11 is 0. The number of hydrogen-bond donors (Lipinski definition) is 1. The minimum atomic E-state index is -1.21.